The predicted octanol–water partition coefficient (Wildman–Crippen LogP) is 3.53. The third kappa shape index (κ3) is 3.02. The van der Waals surface area contributed by atoms with Crippen molar-refractivity contribution in [2.45, 2.75) is 13.3 Å². The molecule has 2 heterocycles. The summed E-state index contributed by atoms with van der Waals surface area (Å²) >= 11 is 3.53. The van der Waals surface area contributed by atoms with Crippen LogP contribution in [0.4, 0.5) is 17.3 Å². The van der Waals surface area contributed by atoms with Gasteiger partial charge in [0, 0.05) is 18.3 Å². The predicted molar refractivity (Wildman–Crippen MR) is 84.4 cm³/mol. The van der Waals surface area contributed by atoms with E-state index in [0.717, 1.165) is 40.4 Å². The van der Waals surface area contributed by atoms with Crippen LogP contribution in [0.3, 0.4) is 0 Å². The van der Waals surface area contributed by atoms with Crippen LogP contribution < -0.4 is 20.1 Å². The zero-order valence-corrected chi connectivity index (χ0v) is 13.1. The van der Waals surface area contributed by atoms with Crippen LogP contribution >= 0.6 is 15.9 Å². The lowest BCUT2D eigenvalue weighted by atomic mass is 10.3. The molecule has 6 nitrogen and oxygen atoms in total. The fourth-order valence-corrected chi connectivity index (χ4v) is 2.38. The van der Waals surface area contributed by atoms with Gasteiger partial charge in [-0.25, -0.2) is 9.97 Å². The molecule has 1 aliphatic heterocycles. The molecule has 1 aromatic heterocycles. The van der Waals surface area contributed by atoms with E-state index >= 15 is 0 Å². The molecule has 21 heavy (non-hydrogen) atoms. The third-order valence-corrected chi connectivity index (χ3v) is 3.72. The highest BCUT2D eigenvalue weighted by atomic mass is 79.9. The van der Waals surface area contributed by atoms with E-state index < -0.39 is 0 Å². The molecule has 0 atom stereocenters. The number of anilines is 3. The second kappa shape index (κ2) is 6.17. The molecule has 110 valence electrons. The number of hydrogen-bond acceptors (Lipinski definition) is 6. The van der Waals surface area contributed by atoms with Gasteiger partial charge < -0.3 is 20.1 Å². The van der Waals surface area contributed by atoms with Gasteiger partial charge in [-0.05, 0) is 34.5 Å². The quantitative estimate of drug-likeness (QED) is 0.859. The molecule has 2 aromatic rings. The first-order valence-corrected chi connectivity index (χ1v) is 7.48. The van der Waals surface area contributed by atoms with E-state index in [9.17, 15) is 0 Å². The van der Waals surface area contributed by atoms with Crippen molar-refractivity contribution in [2.24, 2.45) is 0 Å². The molecular formula is C14H15BrN4O2. The lowest BCUT2D eigenvalue weighted by Gasteiger charge is -2.11. The maximum Gasteiger partial charge on any atom is 0.231 e. The second-order valence-electron chi connectivity index (χ2n) is 4.50. The Kier molecular flexibility index (Phi) is 4.10. The van der Waals surface area contributed by atoms with Crippen molar-refractivity contribution in [3.63, 3.8) is 0 Å². The normalized spacial score (nSPS) is 12.3. The van der Waals surface area contributed by atoms with Crippen molar-refractivity contribution < 1.29 is 9.47 Å². The molecule has 2 N–H and O–H groups in total. The van der Waals surface area contributed by atoms with Crippen LogP contribution in [0, 0.1) is 0 Å². The van der Waals surface area contributed by atoms with Gasteiger partial charge in [-0.2, -0.15) is 0 Å². The standard InChI is InChI=1S/C14H15BrN4O2/c1-2-5-16-13-12(15)14(18-7-17-13)19-9-3-4-10-11(6-9)21-8-20-10/h3-4,6-7H,2,5,8H2,1H3,(H2,16,17,18,19). The molecular weight excluding hydrogens is 336 g/mol. The number of nitrogens with zero attached hydrogens (tertiary/aromatic N) is 2. The lowest BCUT2D eigenvalue weighted by molar-refractivity contribution is 0.174. The Morgan fingerprint density at radius 2 is 2.00 bits per heavy atom. The molecule has 0 amide bonds. The Morgan fingerprint density at radius 1 is 1.19 bits per heavy atom. The number of ether oxygens (including phenoxy) is 2. The minimum absolute atomic E-state index is 0.265. The van der Waals surface area contributed by atoms with Gasteiger partial charge in [-0.3, -0.25) is 0 Å². The molecule has 0 fully saturated rings. The zero-order valence-electron chi connectivity index (χ0n) is 11.5. The molecule has 0 aliphatic carbocycles. The van der Waals surface area contributed by atoms with E-state index in [1.54, 1.807) is 0 Å². The van der Waals surface area contributed by atoms with Gasteiger partial charge in [0.25, 0.3) is 0 Å². The Balaban J connectivity index is 1.81. The first kappa shape index (κ1) is 13.9. The summed E-state index contributed by atoms with van der Waals surface area (Å²) in [5.74, 6) is 2.96. The van der Waals surface area contributed by atoms with Crippen LogP contribution in [0.1, 0.15) is 13.3 Å². The Labute approximate surface area is 131 Å². The molecule has 1 aromatic carbocycles. The van der Waals surface area contributed by atoms with Crippen LogP contribution in [-0.4, -0.2) is 23.3 Å². The van der Waals surface area contributed by atoms with Gasteiger partial charge >= 0.3 is 0 Å². The van der Waals surface area contributed by atoms with Crippen LogP contribution in [-0.2, 0) is 0 Å². The maximum atomic E-state index is 5.36. The topological polar surface area (TPSA) is 68.3 Å². The minimum atomic E-state index is 0.265. The van der Waals surface area contributed by atoms with Crippen molar-refractivity contribution in [1.82, 2.24) is 9.97 Å². The number of rotatable bonds is 5. The maximum absolute atomic E-state index is 5.36. The number of nitrogens with one attached hydrogen (secondary N) is 2. The fourth-order valence-electron chi connectivity index (χ4n) is 1.93. The molecule has 0 saturated heterocycles. The van der Waals surface area contributed by atoms with E-state index in [4.69, 9.17) is 9.47 Å². The van der Waals surface area contributed by atoms with Crippen molar-refractivity contribution >= 4 is 33.3 Å². The molecule has 1 aliphatic rings. The van der Waals surface area contributed by atoms with E-state index in [-0.39, 0.29) is 6.79 Å². The first-order valence-electron chi connectivity index (χ1n) is 6.69. The van der Waals surface area contributed by atoms with Crippen molar-refractivity contribution in [2.75, 3.05) is 24.0 Å². The summed E-state index contributed by atoms with van der Waals surface area (Å²) in [6, 6.07) is 5.67. The molecule has 0 bridgehead atoms. The van der Waals surface area contributed by atoms with Gasteiger partial charge in [0.05, 0.1) is 0 Å². The fraction of sp³-hybridized carbons (Fsp3) is 0.286. The third-order valence-electron chi connectivity index (χ3n) is 2.97. The Morgan fingerprint density at radius 3 is 2.86 bits per heavy atom. The highest BCUT2D eigenvalue weighted by Crippen LogP contribution is 2.36. The van der Waals surface area contributed by atoms with Gasteiger partial charge in [0.15, 0.2) is 11.5 Å². The molecule has 0 radical (unpaired) electrons. The van der Waals surface area contributed by atoms with Crippen LogP contribution in [0.25, 0.3) is 0 Å². The number of benzene rings is 1. The van der Waals surface area contributed by atoms with Gasteiger partial charge in [-0.1, -0.05) is 6.92 Å². The van der Waals surface area contributed by atoms with Crippen molar-refractivity contribution in [3.05, 3.63) is 29.0 Å². The van der Waals surface area contributed by atoms with Gasteiger partial charge in [0.2, 0.25) is 6.79 Å². The summed E-state index contributed by atoms with van der Waals surface area (Å²) < 4.78 is 11.5. The number of halogens is 1. The monoisotopic (exact) mass is 350 g/mol. The highest BCUT2D eigenvalue weighted by Gasteiger charge is 2.14. The van der Waals surface area contributed by atoms with Crippen molar-refractivity contribution in [3.8, 4) is 11.5 Å². The Bertz CT molecular complexity index is 651. The average Bonchev–Trinajstić information content (AvgIpc) is 2.96. The molecule has 0 spiro atoms. The van der Waals surface area contributed by atoms with E-state index in [1.165, 1.54) is 6.33 Å². The summed E-state index contributed by atoms with van der Waals surface area (Å²) in [5, 5.41) is 6.49. The number of hydrogen-bond donors (Lipinski definition) is 2. The van der Waals surface area contributed by atoms with E-state index in [0.29, 0.717) is 5.82 Å². The van der Waals surface area contributed by atoms with Gasteiger partial charge in [0.1, 0.15) is 22.4 Å². The number of fused-ring (bicyclic) bond motifs is 1. The minimum Gasteiger partial charge on any atom is -0.454 e. The van der Waals surface area contributed by atoms with Crippen LogP contribution in [0.5, 0.6) is 11.5 Å². The smallest absolute Gasteiger partial charge is 0.231 e. The van der Waals surface area contributed by atoms with Crippen LogP contribution in [0.2, 0.25) is 0 Å². The lowest BCUT2D eigenvalue weighted by Crippen LogP contribution is -2.05. The Hall–Kier alpha value is -2.02. The van der Waals surface area contributed by atoms with E-state index in [1.807, 2.05) is 18.2 Å². The van der Waals surface area contributed by atoms with Gasteiger partial charge in [-0.15, -0.1) is 0 Å². The molecule has 3 rings (SSSR count). The SMILES string of the molecule is CCCNc1ncnc(Nc2ccc3c(c2)OCO3)c1Br. The summed E-state index contributed by atoms with van der Waals surface area (Å²) in [4.78, 5) is 8.48. The summed E-state index contributed by atoms with van der Waals surface area (Å²) in [5.41, 5.74) is 0.875. The van der Waals surface area contributed by atoms with Crippen LogP contribution in [0.15, 0.2) is 29.0 Å². The molecule has 0 saturated carbocycles. The van der Waals surface area contributed by atoms with Crippen molar-refractivity contribution in [1.29, 1.82) is 0 Å². The highest BCUT2D eigenvalue weighted by molar-refractivity contribution is 9.10. The zero-order chi connectivity index (χ0) is 14.7. The largest absolute Gasteiger partial charge is 0.454 e. The summed E-state index contributed by atoms with van der Waals surface area (Å²) in [7, 11) is 0. The average molecular weight is 351 g/mol. The summed E-state index contributed by atoms with van der Waals surface area (Å²) in [6.07, 6.45) is 2.55. The first-order chi connectivity index (χ1) is 10.3. The molecule has 7 heteroatoms. The van der Waals surface area contributed by atoms with E-state index in [2.05, 4.69) is 43.5 Å². The molecule has 0 unspecified atom stereocenters. The second-order valence-corrected chi connectivity index (χ2v) is 5.30. The summed E-state index contributed by atoms with van der Waals surface area (Å²) in [6.45, 7) is 3.23. The number of aromatic nitrogens is 2.